The fraction of sp³-hybridized carbons (Fsp3) is 0.455. The number of carbonyl (C=O) groups is 2. The predicted molar refractivity (Wildman–Crippen MR) is 71.8 cm³/mol. The zero-order valence-electron chi connectivity index (χ0n) is 10.4. The number of hydrogen-bond acceptors (Lipinski definition) is 5. The smallest absolute Gasteiger partial charge is 0.305 e. The van der Waals surface area contributed by atoms with E-state index in [1.54, 1.807) is 11.8 Å². The Balaban J connectivity index is 2.15. The number of hydrogen-bond donors (Lipinski definition) is 2. The Labute approximate surface area is 118 Å². The van der Waals surface area contributed by atoms with Gasteiger partial charge < -0.3 is 15.0 Å². The highest BCUT2D eigenvalue weighted by Crippen LogP contribution is 2.22. The van der Waals surface area contributed by atoms with E-state index in [0.717, 1.165) is 11.9 Å². The molecule has 2 rings (SSSR count). The molecule has 0 saturated carbocycles. The van der Waals surface area contributed by atoms with Crippen LogP contribution in [0.1, 0.15) is 16.9 Å². The minimum atomic E-state index is -0.965. The second kappa shape index (κ2) is 5.95. The average molecular weight is 299 g/mol. The summed E-state index contributed by atoms with van der Waals surface area (Å²) in [4.78, 5) is 37.2. The van der Waals surface area contributed by atoms with E-state index >= 15 is 0 Å². The van der Waals surface area contributed by atoms with Crippen molar-refractivity contribution >= 4 is 29.3 Å². The van der Waals surface area contributed by atoms with Crippen molar-refractivity contribution in [3.05, 3.63) is 28.1 Å². The molecule has 1 aromatic rings. The number of thioether (sulfide) groups is 1. The molecule has 2 N–H and O–H groups in total. The zero-order chi connectivity index (χ0) is 14.7. The molecule has 9 heteroatoms. The first kappa shape index (κ1) is 14.4. The number of H-pyrrole nitrogens is 1. The standard InChI is InChI=1S/C11H13N3O5S/c15-10(16)4-8-6-20-2-1-13(8)11(17)9-3-7(5-12-9)14(18)19/h3,5,8,12H,1-2,4,6H2,(H,15,16). The number of nitrogens with one attached hydrogen (secondary N) is 1. The van der Waals surface area contributed by atoms with Crippen LogP contribution in [0.4, 0.5) is 5.69 Å². The van der Waals surface area contributed by atoms with E-state index in [9.17, 15) is 19.7 Å². The van der Waals surface area contributed by atoms with Crippen molar-refractivity contribution in [1.82, 2.24) is 9.88 Å². The summed E-state index contributed by atoms with van der Waals surface area (Å²) in [5, 5.41) is 19.5. The van der Waals surface area contributed by atoms with Gasteiger partial charge in [-0.1, -0.05) is 0 Å². The lowest BCUT2D eigenvalue weighted by atomic mass is 10.2. The first-order valence-electron chi connectivity index (χ1n) is 5.92. The Morgan fingerprint density at radius 1 is 1.60 bits per heavy atom. The van der Waals surface area contributed by atoms with Gasteiger partial charge in [-0.25, -0.2) is 0 Å². The Morgan fingerprint density at radius 2 is 2.35 bits per heavy atom. The van der Waals surface area contributed by atoms with Gasteiger partial charge in [-0.3, -0.25) is 19.7 Å². The van der Waals surface area contributed by atoms with E-state index in [1.807, 2.05) is 0 Å². The summed E-state index contributed by atoms with van der Waals surface area (Å²) in [7, 11) is 0. The minimum Gasteiger partial charge on any atom is -0.481 e. The lowest BCUT2D eigenvalue weighted by Crippen LogP contribution is -2.47. The summed E-state index contributed by atoms with van der Waals surface area (Å²) >= 11 is 1.60. The largest absolute Gasteiger partial charge is 0.481 e. The van der Waals surface area contributed by atoms with Crippen molar-refractivity contribution in [3.8, 4) is 0 Å². The third-order valence-electron chi connectivity index (χ3n) is 3.01. The number of aliphatic carboxylic acids is 1. The molecule has 0 radical (unpaired) electrons. The molecule has 1 unspecified atom stereocenters. The number of rotatable bonds is 4. The van der Waals surface area contributed by atoms with Crippen LogP contribution in [0.3, 0.4) is 0 Å². The molecule has 1 aliphatic rings. The quantitative estimate of drug-likeness (QED) is 0.631. The van der Waals surface area contributed by atoms with E-state index < -0.39 is 16.8 Å². The van der Waals surface area contributed by atoms with Gasteiger partial charge in [0.2, 0.25) is 0 Å². The lowest BCUT2D eigenvalue weighted by Gasteiger charge is -2.34. The van der Waals surface area contributed by atoms with Gasteiger partial charge in [-0.15, -0.1) is 0 Å². The number of carbonyl (C=O) groups excluding carboxylic acids is 1. The second-order valence-corrected chi connectivity index (χ2v) is 5.50. The number of amides is 1. The van der Waals surface area contributed by atoms with Gasteiger partial charge in [0.25, 0.3) is 11.6 Å². The van der Waals surface area contributed by atoms with Crippen LogP contribution < -0.4 is 0 Å². The van der Waals surface area contributed by atoms with Crippen molar-refractivity contribution in [3.63, 3.8) is 0 Å². The number of carboxylic acid groups (broad SMARTS) is 1. The van der Waals surface area contributed by atoms with E-state index in [0.29, 0.717) is 12.3 Å². The van der Waals surface area contributed by atoms with Crippen molar-refractivity contribution in [2.24, 2.45) is 0 Å². The summed E-state index contributed by atoms with van der Waals surface area (Å²) in [6, 6.07) is 0.781. The molecule has 1 amide bonds. The zero-order valence-corrected chi connectivity index (χ0v) is 11.3. The summed E-state index contributed by atoms with van der Waals surface area (Å²) in [5.41, 5.74) is -0.0755. The predicted octanol–water partition coefficient (Wildman–Crippen LogP) is 0.955. The van der Waals surface area contributed by atoms with Gasteiger partial charge in [0.15, 0.2) is 0 Å². The fourth-order valence-electron chi connectivity index (χ4n) is 2.06. The molecule has 0 aliphatic carbocycles. The van der Waals surface area contributed by atoms with Crippen LogP contribution in [0.25, 0.3) is 0 Å². The van der Waals surface area contributed by atoms with Crippen LogP contribution in [-0.2, 0) is 4.79 Å². The SMILES string of the molecule is O=C(O)CC1CSCCN1C(=O)c1cc([N+](=O)[O-])c[nH]1. The van der Waals surface area contributed by atoms with Crippen LogP contribution in [0, 0.1) is 10.1 Å². The van der Waals surface area contributed by atoms with Crippen LogP contribution in [0.2, 0.25) is 0 Å². The van der Waals surface area contributed by atoms with Crippen molar-refractivity contribution in [2.45, 2.75) is 12.5 Å². The molecule has 1 aromatic heterocycles. The fourth-order valence-corrected chi connectivity index (χ4v) is 3.12. The number of nitro groups is 1. The Hall–Kier alpha value is -2.03. The highest BCUT2D eigenvalue weighted by atomic mass is 32.2. The van der Waals surface area contributed by atoms with Gasteiger partial charge in [-0.2, -0.15) is 11.8 Å². The van der Waals surface area contributed by atoms with Crippen LogP contribution >= 0.6 is 11.8 Å². The molecular formula is C11H13N3O5S. The maximum Gasteiger partial charge on any atom is 0.305 e. The molecule has 8 nitrogen and oxygen atoms in total. The van der Waals surface area contributed by atoms with Crippen LogP contribution in [0.5, 0.6) is 0 Å². The first-order chi connectivity index (χ1) is 9.49. The first-order valence-corrected chi connectivity index (χ1v) is 7.08. The van der Waals surface area contributed by atoms with Gasteiger partial charge in [0.05, 0.1) is 23.6 Å². The van der Waals surface area contributed by atoms with Crippen LogP contribution in [-0.4, -0.2) is 55.9 Å². The van der Waals surface area contributed by atoms with E-state index in [1.165, 1.54) is 11.0 Å². The number of carboxylic acids is 1. The normalized spacial score (nSPS) is 18.8. The molecular weight excluding hydrogens is 286 g/mol. The third-order valence-corrected chi connectivity index (χ3v) is 4.10. The highest BCUT2D eigenvalue weighted by Gasteiger charge is 2.30. The van der Waals surface area contributed by atoms with Crippen LogP contribution in [0.15, 0.2) is 12.3 Å². The van der Waals surface area contributed by atoms with E-state index in [4.69, 9.17) is 5.11 Å². The average Bonchev–Trinajstić information content (AvgIpc) is 2.87. The third kappa shape index (κ3) is 3.10. The molecule has 2 heterocycles. The van der Waals surface area contributed by atoms with E-state index in [-0.39, 0.29) is 23.8 Å². The Bertz CT molecular complexity index is 544. The Kier molecular flexibility index (Phi) is 4.28. The summed E-state index contributed by atoms with van der Waals surface area (Å²) in [6.45, 7) is 0.439. The topological polar surface area (TPSA) is 117 Å². The molecule has 0 bridgehead atoms. The van der Waals surface area contributed by atoms with Gasteiger partial charge in [0.1, 0.15) is 5.69 Å². The van der Waals surface area contributed by atoms with E-state index in [2.05, 4.69) is 4.98 Å². The second-order valence-electron chi connectivity index (χ2n) is 4.35. The minimum absolute atomic E-state index is 0.110. The molecule has 1 saturated heterocycles. The highest BCUT2D eigenvalue weighted by molar-refractivity contribution is 7.99. The van der Waals surface area contributed by atoms with Gasteiger partial charge in [-0.05, 0) is 0 Å². The maximum absolute atomic E-state index is 12.3. The molecule has 0 spiro atoms. The summed E-state index contributed by atoms with van der Waals surface area (Å²) in [5.74, 6) is -0.0803. The van der Waals surface area contributed by atoms with Gasteiger partial charge in [0, 0.05) is 24.1 Å². The number of nitrogens with zero attached hydrogens (tertiary/aromatic N) is 2. The maximum atomic E-state index is 12.3. The van der Waals surface area contributed by atoms with Crippen molar-refractivity contribution in [1.29, 1.82) is 0 Å². The molecule has 108 valence electrons. The van der Waals surface area contributed by atoms with Crippen molar-refractivity contribution in [2.75, 3.05) is 18.1 Å². The lowest BCUT2D eigenvalue weighted by molar-refractivity contribution is -0.384. The van der Waals surface area contributed by atoms with Crippen molar-refractivity contribution < 1.29 is 19.6 Å². The molecule has 1 atom stereocenters. The number of aromatic nitrogens is 1. The molecule has 0 aromatic carbocycles. The molecule has 1 fully saturated rings. The van der Waals surface area contributed by atoms with Gasteiger partial charge >= 0.3 is 5.97 Å². The summed E-state index contributed by atoms with van der Waals surface area (Å²) < 4.78 is 0. The Morgan fingerprint density at radius 3 is 2.95 bits per heavy atom. The molecule has 1 aliphatic heterocycles. The monoisotopic (exact) mass is 299 g/mol. The summed E-state index contributed by atoms with van der Waals surface area (Å²) in [6.07, 6.45) is 1.03. The number of aromatic amines is 1. The molecule has 20 heavy (non-hydrogen) atoms.